The van der Waals surface area contributed by atoms with Crippen molar-refractivity contribution in [1.82, 2.24) is 4.90 Å². The molecule has 3 rings (SSSR count). The lowest BCUT2D eigenvalue weighted by Crippen LogP contribution is -2.30. The lowest BCUT2D eigenvalue weighted by molar-refractivity contribution is -0.145. The Balaban J connectivity index is 1.71. The van der Waals surface area contributed by atoms with Gasteiger partial charge in [0, 0.05) is 23.7 Å². The summed E-state index contributed by atoms with van der Waals surface area (Å²) >= 11 is 7.44. The number of aromatic hydroxyl groups is 1. The highest BCUT2D eigenvalue weighted by Gasteiger charge is 2.30. The van der Waals surface area contributed by atoms with Crippen LogP contribution in [0.25, 0.3) is 0 Å². The summed E-state index contributed by atoms with van der Waals surface area (Å²) < 4.78 is 10.00. The lowest BCUT2D eigenvalue weighted by atomic mass is 10.1. The summed E-state index contributed by atoms with van der Waals surface area (Å²) in [5.74, 6) is -1.73. The van der Waals surface area contributed by atoms with Crippen molar-refractivity contribution in [2.75, 3.05) is 26.0 Å². The number of esters is 1. The first-order valence-electron chi connectivity index (χ1n) is 9.64. The van der Waals surface area contributed by atoms with Crippen LogP contribution < -0.4 is 4.74 Å². The lowest BCUT2D eigenvalue weighted by Gasteiger charge is -2.16. The number of rotatable bonds is 8. The number of nitrogens with one attached hydrogen (secondary N) is 1. The van der Waals surface area contributed by atoms with Gasteiger partial charge in [-0.3, -0.25) is 15.0 Å². The second-order valence-corrected chi connectivity index (χ2v) is 8.11. The molecule has 1 heterocycles. The van der Waals surface area contributed by atoms with E-state index >= 15 is 0 Å². The van der Waals surface area contributed by atoms with Crippen LogP contribution in [0.2, 0.25) is 5.02 Å². The number of fused-ring (bicyclic) bond motifs is 1. The Labute approximate surface area is 194 Å². The first-order chi connectivity index (χ1) is 15.2. The molecule has 0 aromatic heterocycles. The fourth-order valence-electron chi connectivity index (χ4n) is 3.24. The topological polar surface area (TPSA) is 117 Å². The van der Waals surface area contributed by atoms with E-state index in [1.807, 2.05) is 0 Å². The van der Waals surface area contributed by atoms with Gasteiger partial charge in [-0.15, -0.1) is 11.8 Å². The van der Waals surface area contributed by atoms with Crippen molar-refractivity contribution in [3.05, 3.63) is 57.6 Å². The summed E-state index contributed by atoms with van der Waals surface area (Å²) in [5.41, 5.74) is 1.87. The molecule has 0 aliphatic carbocycles. The predicted octanol–water partition coefficient (Wildman–Crippen LogP) is 3.51. The number of nitrogens with zero attached hydrogens (tertiary/aromatic N) is 1. The molecule has 2 N–H and O–H groups in total. The molecule has 0 spiro atoms. The summed E-state index contributed by atoms with van der Waals surface area (Å²) in [6, 6.07) is 7.54. The van der Waals surface area contributed by atoms with Crippen LogP contribution in [-0.2, 0) is 16.1 Å². The van der Waals surface area contributed by atoms with Crippen molar-refractivity contribution in [3.8, 4) is 11.5 Å². The maximum absolute atomic E-state index is 12.8. The van der Waals surface area contributed by atoms with Gasteiger partial charge >= 0.3 is 5.97 Å². The first-order valence-corrected chi connectivity index (χ1v) is 11.2. The SMILES string of the molecule is CCOC(=O)COc1cc(O)c(C(=O)CN2Cc3cc(C(=N)SC)ccc3C2=O)cc1Cl. The fourth-order valence-corrected chi connectivity index (χ4v) is 3.82. The summed E-state index contributed by atoms with van der Waals surface area (Å²) in [7, 11) is 0. The number of halogens is 1. The number of ketones is 1. The minimum Gasteiger partial charge on any atom is -0.507 e. The molecule has 0 atom stereocenters. The number of hydrogen-bond acceptors (Lipinski definition) is 8. The van der Waals surface area contributed by atoms with Gasteiger partial charge in [0.05, 0.1) is 28.8 Å². The minimum atomic E-state index is -0.592. The number of thioether (sulfide) groups is 1. The van der Waals surface area contributed by atoms with E-state index in [4.69, 9.17) is 26.5 Å². The number of Topliss-reactive ketones (excluding diaryl/α,β-unsaturated/α-hetero) is 1. The third-order valence-corrected chi connectivity index (χ3v) is 5.73. The Morgan fingerprint density at radius 2 is 2.03 bits per heavy atom. The van der Waals surface area contributed by atoms with E-state index in [2.05, 4.69) is 0 Å². The molecule has 2 aromatic rings. The average molecular weight is 477 g/mol. The van der Waals surface area contributed by atoms with E-state index in [0.717, 1.165) is 11.6 Å². The Bertz CT molecular complexity index is 1100. The van der Waals surface area contributed by atoms with Crippen LogP contribution in [0, 0.1) is 5.41 Å². The van der Waals surface area contributed by atoms with Gasteiger partial charge < -0.3 is 19.5 Å². The zero-order valence-electron chi connectivity index (χ0n) is 17.4. The first kappa shape index (κ1) is 23.6. The number of ether oxygens (including phenoxy) is 2. The molecule has 8 nitrogen and oxygen atoms in total. The Kier molecular flexibility index (Phi) is 7.42. The number of amides is 1. The Morgan fingerprint density at radius 1 is 1.28 bits per heavy atom. The highest BCUT2D eigenvalue weighted by Crippen LogP contribution is 2.33. The number of hydrogen-bond donors (Lipinski definition) is 2. The van der Waals surface area contributed by atoms with Gasteiger partial charge in [0.15, 0.2) is 12.4 Å². The van der Waals surface area contributed by atoms with Crippen molar-refractivity contribution in [3.63, 3.8) is 0 Å². The third-order valence-electron chi connectivity index (χ3n) is 4.79. The maximum atomic E-state index is 12.8. The molecule has 1 amide bonds. The molecule has 0 unspecified atom stereocenters. The zero-order chi connectivity index (χ0) is 23.4. The van der Waals surface area contributed by atoms with E-state index in [-0.39, 0.29) is 47.7 Å². The zero-order valence-corrected chi connectivity index (χ0v) is 19.0. The molecule has 0 saturated carbocycles. The van der Waals surface area contributed by atoms with E-state index in [1.54, 1.807) is 31.4 Å². The van der Waals surface area contributed by atoms with Gasteiger partial charge in [-0.25, -0.2) is 4.79 Å². The number of phenols is 1. The molecule has 0 fully saturated rings. The van der Waals surface area contributed by atoms with E-state index in [9.17, 15) is 19.5 Å². The van der Waals surface area contributed by atoms with Crippen LogP contribution >= 0.6 is 23.4 Å². The molecule has 1 aliphatic rings. The smallest absolute Gasteiger partial charge is 0.344 e. The van der Waals surface area contributed by atoms with Gasteiger partial charge in [-0.05, 0) is 36.9 Å². The molecule has 0 radical (unpaired) electrons. The Morgan fingerprint density at radius 3 is 2.72 bits per heavy atom. The van der Waals surface area contributed by atoms with Crippen LogP contribution in [0.15, 0.2) is 30.3 Å². The molecule has 168 valence electrons. The van der Waals surface area contributed by atoms with Crippen molar-refractivity contribution in [2.24, 2.45) is 0 Å². The van der Waals surface area contributed by atoms with Crippen LogP contribution in [0.5, 0.6) is 11.5 Å². The van der Waals surface area contributed by atoms with Crippen LogP contribution in [0.4, 0.5) is 0 Å². The number of phenolic OH excluding ortho intramolecular Hbond substituents is 1. The van der Waals surface area contributed by atoms with Gasteiger partial charge in [0.25, 0.3) is 5.91 Å². The van der Waals surface area contributed by atoms with Crippen LogP contribution in [0.3, 0.4) is 0 Å². The van der Waals surface area contributed by atoms with E-state index < -0.39 is 18.4 Å². The molecule has 0 bridgehead atoms. The molecule has 32 heavy (non-hydrogen) atoms. The summed E-state index contributed by atoms with van der Waals surface area (Å²) in [5, 5.41) is 18.6. The third kappa shape index (κ3) is 5.05. The average Bonchev–Trinajstić information content (AvgIpc) is 3.08. The maximum Gasteiger partial charge on any atom is 0.344 e. The van der Waals surface area contributed by atoms with Crippen molar-refractivity contribution >= 4 is 46.1 Å². The molecular formula is C22H21ClN2O6S. The van der Waals surface area contributed by atoms with E-state index in [0.29, 0.717) is 16.2 Å². The fraction of sp³-hybridized carbons (Fsp3) is 0.273. The second-order valence-electron chi connectivity index (χ2n) is 6.88. The second kappa shape index (κ2) is 10.1. The Hall–Kier alpha value is -3.04. The highest BCUT2D eigenvalue weighted by molar-refractivity contribution is 8.13. The minimum absolute atomic E-state index is 0.0298. The molecule has 1 aliphatic heterocycles. The quantitative estimate of drug-likeness (QED) is 0.259. The molecule has 2 aromatic carbocycles. The van der Waals surface area contributed by atoms with Gasteiger partial charge in [0.2, 0.25) is 0 Å². The molecule has 0 saturated heterocycles. The van der Waals surface area contributed by atoms with Crippen LogP contribution in [-0.4, -0.2) is 58.7 Å². The van der Waals surface area contributed by atoms with Gasteiger partial charge in [-0.1, -0.05) is 17.7 Å². The summed E-state index contributed by atoms with van der Waals surface area (Å²) in [4.78, 5) is 38.3. The number of carbonyl (C=O) groups excluding carboxylic acids is 3. The normalized spacial score (nSPS) is 12.5. The molecule has 10 heteroatoms. The number of benzene rings is 2. The van der Waals surface area contributed by atoms with E-state index in [1.165, 1.54) is 22.7 Å². The van der Waals surface area contributed by atoms with Crippen LogP contribution in [0.1, 0.15) is 38.8 Å². The van der Waals surface area contributed by atoms with Crippen molar-refractivity contribution in [2.45, 2.75) is 13.5 Å². The van der Waals surface area contributed by atoms with Gasteiger partial charge in [0.1, 0.15) is 11.5 Å². The largest absolute Gasteiger partial charge is 0.507 e. The standard InChI is InChI=1S/C22H21ClN2O6S/c1-3-30-20(28)11-31-19-8-17(26)15(7-16(19)23)18(27)10-25-9-13-6-12(21(24)32-2)4-5-14(13)22(25)29/h4-8,24,26H,3,9-11H2,1-2H3. The highest BCUT2D eigenvalue weighted by atomic mass is 35.5. The summed E-state index contributed by atoms with van der Waals surface area (Å²) in [6.45, 7) is 1.45. The summed E-state index contributed by atoms with van der Waals surface area (Å²) in [6.07, 6.45) is 1.80. The van der Waals surface area contributed by atoms with Crippen molar-refractivity contribution < 1.29 is 29.0 Å². The van der Waals surface area contributed by atoms with Gasteiger partial charge in [-0.2, -0.15) is 0 Å². The molecular weight excluding hydrogens is 456 g/mol. The predicted molar refractivity (Wildman–Crippen MR) is 121 cm³/mol. The number of carbonyl (C=O) groups is 3. The monoisotopic (exact) mass is 476 g/mol. The van der Waals surface area contributed by atoms with Crippen molar-refractivity contribution in [1.29, 1.82) is 5.41 Å².